The van der Waals surface area contributed by atoms with Gasteiger partial charge in [-0.3, -0.25) is 0 Å². The van der Waals surface area contributed by atoms with E-state index < -0.39 is 17.0 Å². The summed E-state index contributed by atoms with van der Waals surface area (Å²) in [7, 11) is -1.21. The van der Waals surface area contributed by atoms with E-state index in [0.717, 1.165) is 17.3 Å². The Labute approximate surface area is 124 Å². The van der Waals surface area contributed by atoms with Gasteiger partial charge in [-0.2, -0.15) is 0 Å². The number of halogens is 2. The predicted molar refractivity (Wildman–Crippen MR) is 79.6 cm³/mol. The second-order valence-corrected chi connectivity index (χ2v) is 6.50. The molecular formula is C13H19BrFNO2S. The molecule has 0 saturated carbocycles. The monoisotopic (exact) mass is 351 g/mol. The first-order valence-electron chi connectivity index (χ1n) is 6.28. The van der Waals surface area contributed by atoms with Crippen LogP contribution in [0.3, 0.4) is 0 Å². The Morgan fingerprint density at radius 1 is 1.53 bits per heavy atom. The normalized spacial score (nSPS) is 14.3. The Kier molecular flexibility index (Phi) is 7.75. The summed E-state index contributed by atoms with van der Waals surface area (Å²) in [5.41, 5.74) is 0.424. The fourth-order valence-electron chi connectivity index (χ4n) is 1.68. The number of unbranched alkanes of at least 4 members (excludes halogenated alkanes) is 1. The van der Waals surface area contributed by atoms with Gasteiger partial charge < -0.3 is 5.11 Å². The Hall–Kier alpha value is -0.300. The molecule has 2 N–H and O–H groups in total. The fraction of sp³-hybridized carbons (Fsp3) is 0.538. The van der Waals surface area contributed by atoms with E-state index in [1.807, 2.05) is 6.92 Å². The molecule has 0 radical (unpaired) electrons. The minimum absolute atomic E-state index is 0.0887. The number of hydrogen-bond acceptors (Lipinski definition) is 2. The first-order valence-corrected chi connectivity index (χ1v) is 8.40. The van der Waals surface area contributed by atoms with E-state index in [-0.39, 0.29) is 12.4 Å². The van der Waals surface area contributed by atoms with Crippen molar-refractivity contribution in [2.24, 2.45) is 0 Å². The van der Waals surface area contributed by atoms with Gasteiger partial charge in [0, 0.05) is 28.4 Å². The van der Waals surface area contributed by atoms with Crippen molar-refractivity contribution in [3.05, 3.63) is 34.1 Å². The number of benzene rings is 1. The highest BCUT2D eigenvalue weighted by Crippen LogP contribution is 2.24. The van der Waals surface area contributed by atoms with Crippen molar-refractivity contribution in [3.63, 3.8) is 0 Å². The van der Waals surface area contributed by atoms with Crippen molar-refractivity contribution < 1.29 is 13.7 Å². The smallest absolute Gasteiger partial charge is 0.128 e. The Balaban J connectivity index is 2.81. The summed E-state index contributed by atoms with van der Waals surface area (Å²) in [6.07, 6.45) is 2.14. The Morgan fingerprint density at radius 3 is 2.89 bits per heavy atom. The summed E-state index contributed by atoms with van der Waals surface area (Å²) in [5, 5.41) is 9.07. The van der Waals surface area contributed by atoms with Crippen LogP contribution in [-0.2, 0) is 11.0 Å². The quantitative estimate of drug-likeness (QED) is 0.756. The number of aliphatic hydroxyl groups excluding tert-OH is 1. The molecule has 3 nitrogen and oxygen atoms in total. The molecule has 0 fully saturated rings. The first-order chi connectivity index (χ1) is 9.08. The molecule has 108 valence electrons. The summed E-state index contributed by atoms with van der Waals surface area (Å²) < 4.78 is 29.3. The van der Waals surface area contributed by atoms with Crippen LogP contribution < -0.4 is 4.72 Å². The van der Waals surface area contributed by atoms with Crippen LogP contribution in [0, 0.1) is 5.82 Å². The summed E-state index contributed by atoms with van der Waals surface area (Å²) in [4.78, 5) is 0. The molecule has 0 saturated heterocycles. The van der Waals surface area contributed by atoms with Gasteiger partial charge in [0.15, 0.2) is 0 Å². The van der Waals surface area contributed by atoms with E-state index in [1.54, 1.807) is 12.1 Å². The standard InChI is InChI=1S/C13H19BrFNO2S/c1-2-3-8-19(18)16-13(6-7-17)11-9-10(14)4-5-12(11)15/h4-5,9,13,16-17H,2-3,6-8H2,1H3. The van der Waals surface area contributed by atoms with E-state index in [0.29, 0.717) is 17.7 Å². The van der Waals surface area contributed by atoms with Gasteiger partial charge in [0.1, 0.15) is 5.82 Å². The minimum Gasteiger partial charge on any atom is -0.396 e. The molecule has 0 aliphatic carbocycles. The zero-order chi connectivity index (χ0) is 14.3. The lowest BCUT2D eigenvalue weighted by Gasteiger charge is -2.18. The molecule has 19 heavy (non-hydrogen) atoms. The molecule has 1 rings (SSSR count). The van der Waals surface area contributed by atoms with E-state index >= 15 is 0 Å². The van der Waals surface area contributed by atoms with Crippen LogP contribution in [0.5, 0.6) is 0 Å². The maximum absolute atomic E-state index is 13.8. The van der Waals surface area contributed by atoms with Crippen LogP contribution >= 0.6 is 15.9 Å². The predicted octanol–water partition coefficient (Wildman–Crippen LogP) is 3.07. The van der Waals surface area contributed by atoms with Crippen LogP contribution in [0.1, 0.15) is 37.8 Å². The Bertz CT molecular complexity index is 431. The molecule has 0 spiro atoms. The van der Waals surface area contributed by atoms with Crippen molar-refractivity contribution in [2.75, 3.05) is 12.4 Å². The highest BCUT2D eigenvalue weighted by Gasteiger charge is 2.17. The third kappa shape index (κ3) is 5.69. The van der Waals surface area contributed by atoms with Crippen LogP contribution in [0.25, 0.3) is 0 Å². The van der Waals surface area contributed by atoms with Crippen LogP contribution in [0.2, 0.25) is 0 Å². The Morgan fingerprint density at radius 2 is 2.26 bits per heavy atom. The number of nitrogens with one attached hydrogen (secondary N) is 1. The molecule has 1 aromatic carbocycles. The first kappa shape index (κ1) is 16.8. The van der Waals surface area contributed by atoms with Crippen LogP contribution in [-0.4, -0.2) is 21.7 Å². The lowest BCUT2D eigenvalue weighted by Crippen LogP contribution is -2.27. The molecule has 1 aromatic rings. The molecule has 2 atom stereocenters. The van der Waals surface area contributed by atoms with Gasteiger partial charge in [-0.25, -0.2) is 13.3 Å². The zero-order valence-electron chi connectivity index (χ0n) is 10.9. The molecule has 0 heterocycles. The highest BCUT2D eigenvalue weighted by molar-refractivity contribution is 9.10. The lowest BCUT2D eigenvalue weighted by molar-refractivity contribution is 0.272. The van der Waals surface area contributed by atoms with E-state index in [2.05, 4.69) is 20.7 Å². The van der Waals surface area contributed by atoms with E-state index in [4.69, 9.17) is 5.11 Å². The molecule has 0 aromatic heterocycles. The topological polar surface area (TPSA) is 49.3 Å². The molecule has 6 heteroatoms. The molecule has 0 amide bonds. The highest BCUT2D eigenvalue weighted by atomic mass is 79.9. The summed E-state index contributed by atoms with van der Waals surface area (Å²) in [5.74, 6) is 0.176. The van der Waals surface area contributed by atoms with Gasteiger partial charge in [-0.15, -0.1) is 0 Å². The maximum atomic E-state index is 13.8. The van der Waals surface area contributed by atoms with Gasteiger partial charge in [-0.1, -0.05) is 29.3 Å². The van der Waals surface area contributed by atoms with Crippen LogP contribution in [0.4, 0.5) is 4.39 Å². The van der Waals surface area contributed by atoms with E-state index in [9.17, 15) is 8.60 Å². The average Bonchev–Trinajstić information content (AvgIpc) is 2.38. The SMILES string of the molecule is CCCCS(=O)NC(CCO)c1cc(Br)ccc1F. The van der Waals surface area contributed by atoms with Crippen LogP contribution in [0.15, 0.2) is 22.7 Å². The van der Waals surface area contributed by atoms with Crippen molar-refractivity contribution >= 4 is 26.9 Å². The van der Waals surface area contributed by atoms with Crippen molar-refractivity contribution in [2.45, 2.75) is 32.2 Å². The molecule has 0 bridgehead atoms. The second-order valence-electron chi connectivity index (χ2n) is 4.25. The largest absolute Gasteiger partial charge is 0.396 e. The molecule has 0 aliphatic heterocycles. The number of rotatable bonds is 8. The van der Waals surface area contributed by atoms with Gasteiger partial charge in [0.2, 0.25) is 0 Å². The van der Waals surface area contributed by atoms with Crippen molar-refractivity contribution in [1.29, 1.82) is 0 Å². The summed E-state index contributed by atoms with van der Waals surface area (Å²) in [6, 6.07) is 4.18. The summed E-state index contributed by atoms with van der Waals surface area (Å²) in [6.45, 7) is 1.94. The number of hydrogen-bond donors (Lipinski definition) is 2. The minimum atomic E-state index is -1.21. The molecule has 0 aliphatic rings. The van der Waals surface area contributed by atoms with Gasteiger partial charge in [0.25, 0.3) is 0 Å². The van der Waals surface area contributed by atoms with Gasteiger partial charge >= 0.3 is 0 Å². The third-order valence-electron chi connectivity index (χ3n) is 2.71. The molecular weight excluding hydrogens is 333 g/mol. The average molecular weight is 352 g/mol. The zero-order valence-corrected chi connectivity index (χ0v) is 13.3. The molecule has 2 unspecified atom stereocenters. The van der Waals surface area contributed by atoms with Gasteiger partial charge in [0.05, 0.1) is 11.0 Å². The van der Waals surface area contributed by atoms with Gasteiger partial charge in [-0.05, 0) is 31.0 Å². The second kappa shape index (κ2) is 8.79. The third-order valence-corrected chi connectivity index (χ3v) is 4.41. The fourth-order valence-corrected chi connectivity index (χ4v) is 3.29. The number of aliphatic hydroxyl groups is 1. The van der Waals surface area contributed by atoms with Crippen molar-refractivity contribution in [1.82, 2.24) is 4.72 Å². The van der Waals surface area contributed by atoms with E-state index in [1.165, 1.54) is 6.07 Å². The summed E-state index contributed by atoms with van der Waals surface area (Å²) >= 11 is 3.29. The van der Waals surface area contributed by atoms with Crippen molar-refractivity contribution in [3.8, 4) is 0 Å². The lowest BCUT2D eigenvalue weighted by atomic mass is 10.0. The maximum Gasteiger partial charge on any atom is 0.128 e.